The molecule has 0 bridgehead atoms. The van der Waals surface area contributed by atoms with Gasteiger partial charge in [0, 0.05) is 18.4 Å². The molecule has 0 fully saturated rings. The Morgan fingerprint density at radius 2 is 1.95 bits per heavy atom. The van der Waals surface area contributed by atoms with Gasteiger partial charge in [0.15, 0.2) is 11.7 Å². The van der Waals surface area contributed by atoms with Crippen LogP contribution in [0.5, 0.6) is 0 Å². The van der Waals surface area contributed by atoms with Crippen molar-refractivity contribution in [3.63, 3.8) is 0 Å². The number of carbonyl (C=O) groups excluding carboxylic acids is 2. The SMILES string of the molecule is O=C(CO)NNC(=O)CCc1ncc(-c2ccccc2Cl)o1. The Morgan fingerprint density at radius 1 is 1.23 bits per heavy atom. The van der Waals surface area contributed by atoms with Crippen molar-refractivity contribution in [1.82, 2.24) is 15.8 Å². The number of halogens is 1. The largest absolute Gasteiger partial charge is 0.441 e. The van der Waals surface area contributed by atoms with Gasteiger partial charge in [0.05, 0.1) is 11.2 Å². The quantitative estimate of drug-likeness (QED) is 0.714. The van der Waals surface area contributed by atoms with Crippen LogP contribution < -0.4 is 10.9 Å². The first kappa shape index (κ1) is 16.0. The number of hydrogen-bond donors (Lipinski definition) is 3. The lowest BCUT2D eigenvalue weighted by Crippen LogP contribution is -2.43. The molecular formula is C14H14ClN3O4. The Kier molecular flexibility index (Phi) is 5.51. The van der Waals surface area contributed by atoms with Crippen molar-refractivity contribution >= 4 is 23.4 Å². The molecule has 0 radical (unpaired) electrons. The van der Waals surface area contributed by atoms with E-state index >= 15 is 0 Å². The molecule has 1 aromatic heterocycles. The summed E-state index contributed by atoms with van der Waals surface area (Å²) >= 11 is 6.07. The Morgan fingerprint density at radius 3 is 2.68 bits per heavy atom. The molecule has 1 heterocycles. The number of rotatable bonds is 5. The van der Waals surface area contributed by atoms with Crippen LogP contribution in [0.2, 0.25) is 5.02 Å². The normalized spacial score (nSPS) is 10.3. The molecule has 116 valence electrons. The lowest BCUT2D eigenvalue weighted by Gasteiger charge is -2.04. The number of amides is 2. The summed E-state index contributed by atoms with van der Waals surface area (Å²) in [5.74, 6) is -0.196. The van der Waals surface area contributed by atoms with E-state index < -0.39 is 18.4 Å². The first-order chi connectivity index (χ1) is 10.6. The summed E-state index contributed by atoms with van der Waals surface area (Å²) in [6.45, 7) is -0.693. The van der Waals surface area contributed by atoms with Gasteiger partial charge < -0.3 is 9.52 Å². The Hall–Kier alpha value is -2.38. The highest BCUT2D eigenvalue weighted by atomic mass is 35.5. The highest BCUT2D eigenvalue weighted by Crippen LogP contribution is 2.28. The van der Waals surface area contributed by atoms with Crippen molar-refractivity contribution in [3.8, 4) is 11.3 Å². The standard InChI is InChI=1S/C14H14ClN3O4/c15-10-4-2-1-3-9(10)11-7-16-14(22-11)6-5-12(20)17-18-13(21)8-19/h1-4,7,19H,5-6,8H2,(H,17,20)(H,18,21). The number of hydrogen-bond acceptors (Lipinski definition) is 5. The van der Waals surface area contributed by atoms with E-state index in [9.17, 15) is 9.59 Å². The number of nitrogens with one attached hydrogen (secondary N) is 2. The number of aliphatic hydroxyl groups excluding tert-OH is 1. The minimum atomic E-state index is -0.693. The second-order valence-corrected chi connectivity index (χ2v) is 4.76. The van der Waals surface area contributed by atoms with Crippen LogP contribution in [0.25, 0.3) is 11.3 Å². The Labute approximate surface area is 131 Å². The fourth-order valence-corrected chi connectivity index (χ4v) is 1.90. The molecule has 8 heteroatoms. The summed E-state index contributed by atoms with van der Waals surface area (Å²) in [5.41, 5.74) is 4.94. The maximum atomic E-state index is 11.5. The zero-order valence-corrected chi connectivity index (χ0v) is 12.3. The molecule has 0 aliphatic rings. The molecule has 3 N–H and O–H groups in total. The number of aromatic nitrogens is 1. The molecule has 0 atom stereocenters. The summed E-state index contributed by atoms with van der Waals surface area (Å²) in [7, 11) is 0. The van der Waals surface area contributed by atoms with Crippen LogP contribution in [-0.2, 0) is 16.0 Å². The average molecular weight is 324 g/mol. The van der Waals surface area contributed by atoms with Crippen molar-refractivity contribution in [3.05, 3.63) is 41.4 Å². The maximum absolute atomic E-state index is 11.5. The number of aliphatic hydroxyl groups is 1. The molecule has 22 heavy (non-hydrogen) atoms. The maximum Gasteiger partial charge on any atom is 0.264 e. The topological polar surface area (TPSA) is 104 Å². The van der Waals surface area contributed by atoms with E-state index in [1.807, 2.05) is 23.6 Å². The molecule has 0 aliphatic carbocycles. The molecule has 2 aromatic rings. The second-order valence-electron chi connectivity index (χ2n) is 4.35. The summed E-state index contributed by atoms with van der Waals surface area (Å²) in [6.07, 6.45) is 1.89. The van der Waals surface area contributed by atoms with Gasteiger partial charge in [-0.3, -0.25) is 20.4 Å². The Balaban J connectivity index is 1.89. The molecular weight excluding hydrogens is 310 g/mol. The van der Waals surface area contributed by atoms with Gasteiger partial charge in [0.25, 0.3) is 5.91 Å². The lowest BCUT2D eigenvalue weighted by atomic mass is 10.2. The summed E-state index contributed by atoms with van der Waals surface area (Å²) in [6, 6.07) is 7.20. The fraction of sp³-hybridized carbons (Fsp3) is 0.214. The monoisotopic (exact) mass is 323 g/mol. The highest BCUT2D eigenvalue weighted by molar-refractivity contribution is 6.33. The first-order valence-corrected chi connectivity index (χ1v) is 6.86. The van der Waals surface area contributed by atoms with Gasteiger partial charge in [-0.15, -0.1) is 0 Å². The number of aryl methyl sites for hydroxylation is 1. The van der Waals surface area contributed by atoms with Crippen molar-refractivity contribution in [1.29, 1.82) is 0 Å². The number of hydrazine groups is 1. The third-order valence-corrected chi connectivity index (χ3v) is 3.07. The van der Waals surface area contributed by atoms with Crippen LogP contribution in [0, 0.1) is 0 Å². The van der Waals surface area contributed by atoms with Gasteiger partial charge in [-0.1, -0.05) is 23.7 Å². The van der Waals surface area contributed by atoms with Crippen molar-refractivity contribution < 1.29 is 19.1 Å². The molecule has 0 aliphatic heterocycles. The molecule has 7 nitrogen and oxygen atoms in total. The van der Waals surface area contributed by atoms with Gasteiger partial charge in [0.1, 0.15) is 6.61 Å². The van der Waals surface area contributed by atoms with Crippen molar-refractivity contribution in [2.24, 2.45) is 0 Å². The van der Waals surface area contributed by atoms with Crippen molar-refractivity contribution in [2.45, 2.75) is 12.8 Å². The van der Waals surface area contributed by atoms with Crippen LogP contribution in [0.15, 0.2) is 34.9 Å². The minimum absolute atomic E-state index is 0.0776. The molecule has 0 unspecified atom stereocenters. The molecule has 2 rings (SSSR count). The number of nitrogens with zero attached hydrogens (tertiary/aromatic N) is 1. The number of carbonyl (C=O) groups is 2. The van der Waals surface area contributed by atoms with Crippen LogP contribution >= 0.6 is 11.6 Å². The summed E-state index contributed by atoms with van der Waals surface area (Å²) in [4.78, 5) is 26.3. The van der Waals surface area contributed by atoms with Gasteiger partial charge in [-0.25, -0.2) is 4.98 Å². The van der Waals surface area contributed by atoms with Gasteiger partial charge in [-0.05, 0) is 12.1 Å². The van der Waals surface area contributed by atoms with Crippen molar-refractivity contribution in [2.75, 3.05) is 6.61 Å². The third-order valence-electron chi connectivity index (χ3n) is 2.74. The first-order valence-electron chi connectivity index (χ1n) is 6.48. The van der Waals surface area contributed by atoms with Crippen LogP contribution in [0.3, 0.4) is 0 Å². The zero-order chi connectivity index (χ0) is 15.9. The van der Waals surface area contributed by atoms with Crippen LogP contribution in [-0.4, -0.2) is 28.5 Å². The number of benzene rings is 1. The predicted molar refractivity (Wildman–Crippen MR) is 78.6 cm³/mol. The molecule has 0 spiro atoms. The van der Waals surface area contributed by atoms with E-state index in [0.29, 0.717) is 16.7 Å². The number of oxazole rings is 1. The highest BCUT2D eigenvalue weighted by Gasteiger charge is 2.11. The van der Waals surface area contributed by atoms with E-state index in [2.05, 4.69) is 10.4 Å². The van der Waals surface area contributed by atoms with E-state index in [4.69, 9.17) is 21.1 Å². The van der Waals surface area contributed by atoms with Gasteiger partial charge in [0.2, 0.25) is 5.91 Å². The lowest BCUT2D eigenvalue weighted by molar-refractivity contribution is -0.130. The zero-order valence-electron chi connectivity index (χ0n) is 11.5. The van der Waals surface area contributed by atoms with Crippen LogP contribution in [0.4, 0.5) is 0 Å². The predicted octanol–water partition coefficient (Wildman–Crippen LogP) is 1.07. The summed E-state index contributed by atoms with van der Waals surface area (Å²) in [5, 5.41) is 9.04. The van der Waals surface area contributed by atoms with E-state index in [0.717, 1.165) is 5.56 Å². The summed E-state index contributed by atoms with van der Waals surface area (Å²) < 4.78 is 5.54. The van der Waals surface area contributed by atoms with Gasteiger partial charge >= 0.3 is 0 Å². The average Bonchev–Trinajstić information content (AvgIpc) is 2.99. The smallest absolute Gasteiger partial charge is 0.264 e. The molecule has 0 saturated heterocycles. The van der Waals surface area contributed by atoms with E-state index in [1.54, 1.807) is 12.3 Å². The Bertz CT molecular complexity index is 672. The molecule has 2 amide bonds. The third kappa shape index (κ3) is 4.31. The molecule has 1 aromatic carbocycles. The van der Waals surface area contributed by atoms with E-state index in [-0.39, 0.29) is 12.8 Å². The van der Waals surface area contributed by atoms with E-state index in [1.165, 1.54) is 0 Å². The minimum Gasteiger partial charge on any atom is -0.441 e. The van der Waals surface area contributed by atoms with Gasteiger partial charge in [-0.2, -0.15) is 0 Å². The second kappa shape index (κ2) is 7.58. The molecule has 0 saturated carbocycles. The fourth-order valence-electron chi connectivity index (χ4n) is 1.67. The van der Waals surface area contributed by atoms with Crippen LogP contribution in [0.1, 0.15) is 12.3 Å².